The van der Waals surface area contributed by atoms with E-state index in [0.29, 0.717) is 18.2 Å². The van der Waals surface area contributed by atoms with E-state index in [1.165, 1.54) is 12.8 Å². The van der Waals surface area contributed by atoms with E-state index in [1.807, 2.05) is 6.07 Å². The molecule has 1 saturated carbocycles. The molecule has 82 valence electrons. The topological polar surface area (TPSA) is 64.9 Å². The van der Waals surface area contributed by atoms with Crippen LogP contribution in [-0.4, -0.2) is 18.5 Å². The van der Waals surface area contributed by atoms with Gasteiger partial charge in [0.15, 0.2) is 0 Å². The van der Waals surface area contributed by atoms with E-state index in [-0.39, 0.29) is 5.91 Å². The van der Waals surface area contributed by atoms with Crippen molar-refractivity contribution in [3.05, 3.63) is 29.8 Å². The SMILES string of the molecule is N#Cc1ccc(NC(=O)CNC2CC2)cc1. The van der Waals surface area contributed by atoms with Crippen LogP contribution in [0, 0.1) is 11.3 Å². The molecule has 2 N–H and O–H groups in total. The number of anilines is 1. The molecule has 2 rings (SSSR count). The third kappa shape index (κ3) is 3.07. The van der Waals surface area contributed by atoms with Gasteiger partial charge >= 0.3 is 0 Å². The Morgan fingerprint density at radius 3 is 2.62 bits per heavy atom. The second kappa shape index (κ2) is 4.77. The maximum atomic E-state index is 11.5. The smallest absolute Gasteiger partial charge is 0.238 e. The van der Waals surface area contributed by atoms with Crippen LogP contribution < -0.4 is 10.6 Å². The minimum absolute atomic E-state index is 0.0448. The van der Waals surface area contributed by atoms with E-state index in [4.69, 9.17) is 5.26 Å². The summed E-state index contributed by atoms with van der Waals surface area (Å²) in [6, 6.07) is 9.39. The van der Waals surface area contributed by atoms with Crippen molar-refractivity contribution in [2.45, 2.75) is 18.9 Å². The normalized spacial score (nSPS) is 14.2. The molecule has 0 saturated heterocycles. The first-order valence-electron chi connectivity index (χ1n) is 5.31. The van der Waals surface area contributed by atoms with E-state index in [1.54, 1.807) is 24.3 Å². The Morgan fingerprint density at radius 1 is 1.38 bits per heavy atom. The molecule has 0 unspecified atom stereocenters. The highest BCUT2D eigenvalue weighted by Crippen LogP contribution is 2.18. The Balaban J connectivity index is 1.82. The summed E-state index contributed by atoms with van der Waals surface area (Å²) in [6.45, 7) is 0.352. The molecule has 0 atom stereocenters. The maximum Gasteiger partial charge on any atom is 0.238 e. The Hall–Kier alpha value is -1.86. The van der Waals surface area contributed by atoms with Gasteiger partial charge in [0.25, 0.3) is 0 Å². The minimum Gasteiger partial charge on any atom is -0.325 e. The third-order valence-corrected chi connectivity index (χ3v) is 2.43. The lowest BCUT2D eigenvalue weighted by Gasteiger charge is -2.05. The number of hydrogen-bond donors (Lipinski definition) is 2. The van der Waals surface area contributed by atoms with Crippen molar-refractivity contribution in [3.8, 4) is 6.07 Å². The second-order valence-corrected chi connectivity index (χ2v) is 3.89. The highest BCUT2D eigenvalue weighted by molar-refractivity contribution is 5.92. The zero-order valence-electron chi connectivity index (χ0n) is 8.86. The van der Waals surface area contributed by atoms with Crippen molar-refractivity contribution in [2.24, 2.45) is 0 Å². The van der Waals surface area contributed by atoms with Gasteiger partial charge in [-0.25, -0.2) is 0 Å². The summed E-state index contributed by atoms with van der Waals surface area (Å²) in [7, 11) is 0. The fourth-order valence-corrected chi connectivity index (χ4v) is 1.36. The van der Waals surface area contributed by atoms with Crippen molar-refractivity contribution >= 4 is 11.6 Å². The zero-order chi connectivity index (χ0) is 11.4. The van der Waals surface area contributed by atoms with Gasteiger partial charge in [-0.05, 0) is 37.1 Å². The van der Waals surface area contributed by atoms with Crippen LogP contribution in [0.1, 0.15) is 18.4 Å². The van der Waals surface area contributed by atoms with Crippen LogP contribution in [0.4, 0.5) is 5.69 Å². The predicted octanol–water partition coefficient (Wildman–Crippen LogP) is 1.25. The van der Waals surface area contributed by atoms with Crippen LogP contribution in [-0.2, 0) is 4.79 Å². The molecule has 0 bridgehead atoms. The summed E-state index contributed by atoms with van der Waals surface area (Å²) in [5.41, 5.74) is 1.32. The summed E-state index contributed by atoms with van der Waals surface area (Å²) in [5.74, 6) is -0.0448. The highest BCUT2D eigenvalue weighted by atomic mass is 16.1. The number of amides is 1. The fraction of sp³-hybridized carbons (Fsp3) is 0.333. The molecule has 1 aromatic rings. The molecule has 0 aromatic heterocycles. The quantitative estimate of drug-likeness (QED) is 0.794. The van der Waals surface area contributed by atoms with Crippen LogP contribution in [0.15, 0.2) is 24.3 Å². The zero-order valence-corrected chi connectivity index (χ0v) is 8.86. The fourth-order valence-electron chi connectivity index (χ4n) is 1.36. The van der Waals surface area contributed by atoms with Gasteiger partial charge in [-0.3, -0.25) is 4.79 Å². The number of benzene rings is 1. The molecule has 1 aromatic carbocycles. The van der Waals surface area contributed by atoms with E-state index >= 15 is 0 Å². The summed E-state index contributed by atoms with van der Waals surface area (Å²) in [4.78, 5) is 11.5. The molecule has 0 spiro atoms. The summed E-state index contributed by atoms with van der Waals surface area (Å²) in [6.07, 6.45) is 2.34. The number of hydrogen-bond acceptors (Lipinski definition) is 3. The molecule has 16 heavy (non-hydrogen) atoms. The number of carbonyl (C=O) groups excluding carboxylic acids is 1. The van der Waals surface area contributed by atoms with Gasteiger partial charge in [-0.1, -0.05) is 0 Å². The summed E-state index contributed by atoms with van der Waals surface area (Å²) < 4.78 is 0. The van der Waals surface area contributed by atoms with Gasteiger partial charge in [-0.2, -0.15) is 5.26 Å². The average molecular weight is 215 g/mol. The van der Waals surface area contributed by atoms with Crippen molar-refractivity contribution in [1.82, 2.24) is 5.32 Å². The minimum atomic E-state index is -0.0448. The molecule has 1 aliphatic carbocycles. The number of nitriles is 1. The highest BCUT2D eigenvalue weighted by Gasteiger charge is 2.20. The second-order valence-electron chi connectivity index (χ2n) is 3.89. The van der Waals surface area contributed by atoms with Crippen molar-refractivity contribution in [3.63, 3.8) is 0 Å². The lowest BCUT2D eigenvalue weighted by molar-refractivity contribution is -0.115. The van der Waals surface area contributed by atoms with E-state index in [0.717, 1.165) is 5.69 Å². The molecule has 1 amide bonds. The standard InChI is InChI=1S/C12H13N3O/c13-7-9-1-3-11(4-2-9)15-12(16)8-14-10-5-6-10/h1-4,10,14H,5-6,8H2,(H,15,16). The van der Waals surface area contributed by atoms with Gasteiger partial charge in [0.1, 0.15) is 0 Å². The van der Waals surface area contributed by atoms with Gasteiger partial charge in [0, 0.05) is 11.7 Å². The van der Waals surface area contributed by atoms with Crippen LogP contribution in [0.25, 0.3) is 0 Å². The summed E-state index contributed by atoms with van der Waals surface area (Å²) in [5, 5.41) is 14.5. The van der Waals surface area contributed by atoms with Gasteiger partial charge < -0.3 is 10.6 Å². The van der Waals surface area contributed by atoms with Crippen molar-refractivity contribution < 1.29 is 4.79 Å². The molecular formula is C12H13N3O. The van der Waals surface area contributed by atoms with E-state index in [9.17, 15) is 4.79 Å². The predicted molar refractivity (Wildman–Crippen MR) is 60.8 cm³/mol. The van der Waals surface area contributed by atoms with E-state index in [2.05, 4.69) is 10.6 Å². The van der Waals surface area contributed by atoms with Crippen molar-refractivity contribution in [1.29, 1.82) is 5.26 Å². The lowest BCUT2D eigenvalue weighted by Crippen LogP contribution is -2.29. The largest absolute Gasteiger partial charge is 0.325 e. The number of rotatable bonds is 4. The molecular weight excluding hydrogens is 202 g/mol. The van der Waals surface area contributed by atoms with Crippen LogP contribution in [0.3, 0.4) is 0 Å². The van der Waals surface area contributed by atoms with Gasteiger partial charge in [0.2, 0.25) is 5.91 Å². The third-order valence-electron chi connectivity index (χ3n) is 2.43. The summed E-state index contributed by atoms with van der Waals surface area (Å²) >= 11 is 0. The number of nitrogens with one attached hydrogen (secondary N) is 2. The van der Waals surface area contributed by atoms with Crippen molar-refractivity contribution in [2.75, 3.05) is 11.9 Å². The Morgan fingerprint density at radius 2 is 2.06 bits per heavy atom. The van der Waals surface area contributed by atoms with Crippen LogP contribution in [0.5, 0.6) is 0 Å². The molecule has 0 heterocycles. The first-order chi connectivity index (χ1) is 7.78. The van der Waals surface area contributed by atoms with Crippen LogP contribution in [0.2, 0.25) is 0 Å². The van der Waals surface area contributed by atoms with Gasteiger partial charge in [-0.15, -0.1) is 0 Å². The first kappa shape index (κ1) is 10.7. The molecule has 4 heteroatoms. The Kier molecular flexibility index (Phi) is 3.18. The number of carbonyl (C=O) groups is 1. The molecule has 0 radical (unpaired) electrons. The first-order valence-corrected chi connectivity index (χ1v) is 5.31. The Bertz CT molecular complexity index is 415. The number of nitrogens with zero attached hydrogens (tertiary/aromatic N) is 1. The van der Waals surface area contributed by atoms with Crippen LogP contribution >= 0.6 is 0 Å². The molecule has 0 aliphatic heterocycles. The monoisotopic (exact) mass is 215 g/mol. The van der Waals surface area contributed by atoms with E-state index < -0.39 is 0 Å². The molecule has 4 nitrogen and oxygen atoms in total. The molecule has 1 aliphatic rings. The maximum absolute atomic E-state index is 11.5. The lowest BCUT2D eigenvalue weighted by atomic mass is 10.2. The average Bonchev–Trinajstić information content (AvgIpc) is 3.11. The Labute approximate surface area is 94.3 Å². The van der Waals surface area contributed by atoms with Gasteiger partial charge in [0.05, 0.1) is 18.2 Å². The molecule has 1 fully saturated rings.